The summed E-state index contributed by atoms with van der Waals surface area (Å²) in [5, 5.41) is 14.0. The lowest BCUT2D eigenvalue weighted by Crippen LogP contribution is -2.60. The number of nitro benzene ring substituents is 1. The first-order valence-electron chi connectivity index (χ1n) is 9.46. The predicted octanol–water partition coefficient (Wildman–Crippen LogP) is 3.30. The van der Waals surface area contributed by atoms with E-state index in [1.807, 2.05) is 13.8 Å². The Hall–Kier alpha value is -2.70. The van der Waals surface area contributed by atoms with Gasteiger partial charge in [0.25, 0.3) is 5.69 Å². The lowest BCUT2D eigenvalue weighted by molar-refractivity contribution is -0.385. The molecule has 1 saturated carbocycles. The van der Waals surface area contributed by atoms with Crippen LogP contribution < -0.4 is 5.32 Å². The molecule has 1 aliphatic carbocycles. The van der Waals surface area contributed by atoms with Crippen molar-refractivity contribution in [2.75, 3.05) is 13.1 Å². The van der Waals surface area contributed by atoms with Crippen LogP contribution in [0, 0.1) is 10.1 Å². The molecule has 0 saturated heterocycles. The van der Waals surface area contributed by atoms with E-state index in [-0.39, 0.29) is 11.6 Å². The van der Waals surface area contributed by atoms with Gasteiger partial charge in [0, 0.05) is 25.2 Å². The number of likely N-dealkylation sites (N-methyl/N-ethyl adjacent to an activating group) is 1. The monoisotopic (exact) mass is 373 g/mol. The van der Waals surface area contributed by atoms with Gasteiger partial charge in [-0.1, -0.05) is 31.4 Å². The van der Waals surface area contributed by atoms with Gasteiger partial charge in [-0.15, -0.1) is 0 Å². The molecule has 0 unspecified atom stereocenters. The first-order chi connectivity index (χ1) is 12.9. The third-order valence-corrected chi connectivity index (χ3v) is 5.08. The van der Waals surface area contributed by atoms with Gasteiger partial charge in [0.2, 0.25) is 11.8 Å². The molecule has 0 radical (unpaired) electrons. The Morgan fingerprint density at radius 1 is 1.19 bits per heavy atom. The largest absolute Gasteiger partial charge is 0.341 e. The molecule has 1 aromatic rings. The molecule has 0 aliphatic heterocycles. The van der Waals surface area contributed by atoms with Crippen molar-refractivity contribution in [3.63, 3.8) is 0 Å². The SMILES string of the molecule is CCN(CC)C(=O)C1(NC(=O)/C=C/c2ccccc2[N+](=O)[O-])CCCCC1. The van der Waals surface area contributed by atoms with Crippen molar-refractivity contribution in [1.29, 1.82) is 0 Å². The van der Waals surface area contributed by atoms with E-state index in [1.54, 1.807) is 23.1 Å². The summed E-state index contributed by atoms with van der Waals surface area (Å²) in [4.78, 5) is 37.9. The molecule has 2 rings (SSSR count). The van der Waals surface area contributed by atoms with E-state index >= 15 is 0 Å². The lowest BCUT2D eigenvalue weighted by Gasteiger charge is -2.39. The number of nitro groups is 1. The normalized spacial score (nSPS) is 16.1. The fourth-order valence-corrected chi connectivity index (χ4v) is 3.60. The third kappa shape index (κ3) is 4.93. The second-order valence-electron chi connectivity index (χ2n) is 6.76. The number of nitrogens with one attached hydrogen (secondary N) is 1. The molecule has 146 valence electrons. The molecular formula is C20H27N3O4. The molecule has 27 heavy (non-hydrogen) atoms. The number of benzene rings is 1. The van der Waals surface area contributed by atoms with E-state index in [0.29, 0.717) is 31.5 Å². The molecule has 1 aromatic carbocycles. The Labute approximate surface area is 159 Å². The smallest absolute Gasteiger partial charge is 0.276 e. The highest BCUT2D eigenvalue weighted by molar-refractivity contribution is 5.98. The van der Waals surface area contributed by atoms with Gasteiger partial charge in [-0.05, 0) is 38.8 Å². The van der Waals surface area contributed by atoms with E-state index in [9.17, 15) is 19.7 Å². The van der Waals surface area contributed by atoms with E-state index in [0.717, 1.165) is 19.3 Å². The molecule has 1 fully saturated rings. The molecule has 2 amide bonds. The standard InChI is InChI=1S/C20H27N3O4/c1-3-22(4-2)19(25)20(14-8-5-9-15-20)21-18(24)13-12-16-10-6-7-11-17(16)23(26)27/h6-7,10-13H,3-5,8-9,14-15H2,1-2H3,(H,21,24)/b13-12+. The minimum atomic E-state index is -0.881. The molecule has 0 bridgehead atoms. The molecule has 0 heterocycles. The van der Waals surface area contributed by atoms with Gasteiger partial charge in [0.05, 0.1) is 10.5 Å². The predicted molar refractivity (Wildman–Crippen MR) is 104 cm³/mol. The number of nitrogens with zero attached hydrogens (tertiary/aromatic N) is 2. The molecule has 0 spiro atoms. The van der Waals surface area contributed by atoms with E-state index in [2.05, 4.69) is 5.32 Å². The third-order valence-electron chi connectivity index (χ3n) is 5.08. The summed E-state index contributed by atoms with van der Waals surface area (Å²) in [6.45, 7) is 5.04. The summed E-state index contributed by atoms with van der Waals surface area (Å²) in [5.41, 5.74) is -0.590. The Kier molecular flexibility index (Phi) is 7.10. The van der Waals surface area contributed by atoms with Gasteiger partial charge in [-0.2, -0.15) is 0 Å². The lowest BCUT2D eigenvalue weighted by atomic mass is 9.80. The number of rotatable bonds is 7. The summed E-state index contributed by atoms with van der Waals surface area (Å²) in [7, 11) is 0. The zero-order valence-corrected chi connectivity index (χ0v) is 15.9. The maximum absolute atomic E-state index is 13.0. The highest BCUT2D eigenvalue weighted by atomic mass is 16.6. The highest BCUT2D eigenvalue weighted by Gasteiger charge is 2.42. The van der Waals surface area contributed by atoms with Crippen LogP contribution in [0.2, 0.25) is 0 Å². The van der Waals surface area contributed by atoms with Crippen LogP contribution in [0.25, 0.3) is 6.08 Å². The van der Waals surface area contributed by atoms with Crippen molar-refractivity contribution in [3.8, 4) is 0 Å². The molecule has 7 nitrogen and oxygen atoms in total. The molecule has 0 atom stereocenters. The van der Waals surface area contributed by atoms with Crippen molar-refractivity contribution in [2.24, 2.45) is 0 Å². The Morgan fingerprint density at radius 2 is 1.81 bits per heavy atom. The van der Waals surface area contributed by atoms with Gasteiger partial charge in [-0.25, -0.2) is 0 Å². The fraction of sp³-hybridized carbons (Fsp3) is 0.500. The molecule has 1 N–H and O–H groups in total. The number of hydrogen-bond donors (Lipinski definition) is 1. The first-order valence-corrected chi connectivity index (χ1v) is 9.46. The summed E-state index contributed by atoms with van der Waals surface area (Å²) < 4.78 is 0. The summed E-state index contributed by atoms with van der Waals surface area (Å²) in [6.07, 6.45) is 6.76. The average molecular weight is 373 g/mol. The Balaban J connectivity index is 2.19. The van der Waals surface area contributed by atoms with Crippen molar-refractivity contribution in [2.45, 2.75) is 51.5 Å². The van der Waals surface area contributed by atoms with Crippen LogP contribution >= 0.6 is 0 Å². The van der Waals surface area contributed by atoms with Gasteiger partial charge in [0.1, 0.15) is 5.54 Å². The number of amides is 2. The minimum absolute atomic E-state index is 0.0420. The van der Waals surface area contributed by atoms with Crippen molar-refractivity contribution >= 4 is 23.6 Å². The van der Waals surface area contributed by atoms with E-state index < -0.39 is 16.4 Å². The van der Waals surface area contributed by atoms with Crippen LogP contribution in [0.4, 0.5) is 5.69 Å². The van der Waals surface area contributed by atoms with Crippen LogP contribution in [0.3, 0.4) is 0 Å². The quantitative estimate of drug-likeness (QED) is 0.451. The van der Waals surface area contributed by atoms with Gasteiger partial charge >= 0.3 is 0 Å². The van der Waals surface area contributed by atoms with Crippen LogP contribution in [-0.2, 0) is 9.59 Å². The summed E-state index contributed by atoms with van der Waals surface area (Å²) >= 11 is 0. The highest BCUT2D eigenvalue weighted by Crippen LogP contribution is 2.30. The van der Waals surface area contributed by atoms with E-state index in [4.69, 9.17) is 0 Å². The summed E-state index contributed by atoms with van der Waals surface area (Å²) in [5.74, 6) is -0.449. The number of hydrogen-bond acceptors (Lipinski definition) is 4. The number of para-hydroxylation sites is 1. The van der Waals surface area contributed by atoms with Crippen LogP contribution in [0.5, 0.6) is 0 Å². The topological polar surface area (TPSA) is 92.6 Å². The Bertz CT molecular complexity index is 720. The molecular weight excluding hydrogens is 346 g/mol. The van der Waals surface area contributed by atoms with Gasteiger partial charge in [-0.3, -0.25) is 19.7 Å². The average Bonchev–Trinajstić information content (AvgIpc) is 2.68. The second kappa shape index (κ2) is 9.30. The van der Waals surface area contributed by atoms with E-state index in [1.165, 1.54) is 18.2 Å². The van der Waals surface area contributed by atoms with Crippen molar-refractivity contribution < 1.29 is 14.5 Å². The van der Waals surface area contributed by atoms with Gasteiger partial charge in [0.15, 0.2) is 0 Å². The van der Waals surface area contributed by atoms with Crippen LogP contribution in [0.1, 0.15) is 51.5 Å². The summed E-state index contributed by atoms with van der Waals surface area (Å²) in [6, 6.07) is 6.23. The number of carbonyl (C=O) groups is 2. The number of carbonyl (C=O) groups excluding carboxylic acids is 2. The maximum atomic E-state index is 13.0. The van der Waals surface area contributed by atoms with Crippen molar-refractivity contribution in [3.05, 3.63) is 46.0 Å². The zero-order chi connectivity index (χ0) is 19.9. The Morgan fingerprint density at radius 3 is 2.41 bits per heavy atom. The minimum Gasteiger partial charge on any atom is -0.341 e. The molecule has 0 aromatic heterocycles. The van der Waals surface area contributed by atoms with Crippen molar-refractivity contribution in [1.82, 2.24) is 10.2 Å². The first kappa shape index (κ1) is 20.6. The maximum Gasteiger partial charge on any atom is 0.276 e. The van der Waals surface area contributed by atoms with Gasteiger partial charge < -0.3 is 10.2 Å². The van der Waals surface area contributed by atoms with Crippen LogP contribution in [-0.4, -0.2) is 40.3 Å². The zero-order valence-electron chi connectivity index (χ0n) is 15.9. The fourth-order valence-electron chi connectivity index (χ4n) is 3.60. The second-order valence-corrected chi connectivity index (χ2v) is 6.76. The van der Waals surface area contributed by atoms with Crippen LogP contribution in [0.15, 0.2) is 30.3 Å². The molecule has 7 heteroatoms. The molecule has 1 aliphatic rings.